The van der Waals surface area contributed by atoms with Crippen molar-refractivity contribution in [3.05, 3.63) is 29.3 Å². The van der Waals surface area contributed by atoms with E-state index < -0.39 is 11.7 Å². The first kappa shape index (κ1) is 14.3. The molecule has 0 bridgehead atoms. The molecule has 2 aromatic heterocycles. The van der Waals surface area contributed by atoms with Gasteiger partial charge in [0, 0.05) is 17.7 Å². The quantitative estimate of drug-likeness (QED) is 0.921. The Morgan fingerprint density at radius 2 is 1.90 bits per heavy atom. The van der Waals surface area contributed by atoms with Crippen molar-refractivity contribution in [2.45, 2.75) is 32.9 Å². The summed E-state index contributed by atoms with van der Waals surface area (Å²) < 4.78 is 38.9. The average Bonchev–Trinajstić information content (AvgIpc) is 2.81. The molecule has 8 heteroatoms. The van der Waals surface area contributed by atoms with Gasteiger partial charge in [-0.15, -0.1) is 0 Å². The number of anilines is 1. The lowest BCUT2D eigenvalue weighted by Gasteiger charge is -2.11. The summed E-state index contributed by atoms with van der Waals surface area (Å²) in [4.78, 5) is 8.36. The molecule has 0 atom stereocenters. The molecular formula is C12H14F3N5. The van der Waals surface area contributed by atoms with Gasteiger partial charge in [-0.05, 0) is 6.92 Å². The van der Waals surface area contributed by atoms with E-state index in [-0.39, 0.29) is 17.6 Å². The van der Waals surface area contributed by atoms with Gasteiger partial charge in [-0.2, -0.15) is 18.3 Å². The first-order valence-electron chi connectivity index (χ1n) is 5.96. The maximum Gasteiger partial charge on any atom is 0.419 e. The highest BCUT2D eigenvalue weighted by Crippen LogP contribution is 2.29. The largest absolute Gasteiger partial charge is 0.419 e. The Balaban J connectivity index is 2.55. The molecule has 0 saturated carbocycles. The highest BCUT2D eigenvalue weighted by Gasteiger charge is 2.32. The molecular weight excluding hydrogens is 271 g/mol. The zero-order valence-corrected chi connectivity index (χ0v) is 11.2. The predicted molar refractivity (Wildman–Crippen MR) is 67.4 cm³/mol. The van der Waals surface area contributed by atoms with Crippen LogP contribution < -0.4 is 5.73 Å². The van der Waals surface area contributed by atoms with Crippen LogP contribution in [-0.2, 0) is 6.18 Å². The number of alkyl halides is 3. The molecule has 0 aliphatic carbocycles. The number of rotatable bonds is 2. The van der Waals surface area contributed by atoms with Crippen LogP contribution in [0.25, 0.3) is 5.82 Å². The fourth-order valence-corrected chi connectivity index (χ4v) is 1.61. The van der Waals surface area contributed by atoms with Crippen LogP contribution in [0.5, 0.6) is 0 Å². The Hall–Kier alpha value is -2.12. The normalized spacial score (nSPS) is 12.2. The Morgan fingerprint density at radius 1 is 1.25 bits per heavy atom. The second-order valence-electron chi connectivity index (χ2n) is 4.74. The first-order valence-corrected chi connectivity index (χ1v) is 5.96. The first-order chi connectivity index (χ1) is 9.20. The molecule has 0 saturated heterocycles. The highest BCUT2D eigenvalue weighted by molar-refractivity contribution is 5.48. The number of hydrogen-bond donors (Lipinski definition) is 1. The van der Waals surface area contributed by atoms with Crippen LogP contribution in [0.1, 0.15) is 36.7 Å². The summed E-state index contributed by atoms with van der Waals surface area (Å²) >= 11 is 0. The number of halogens is 3. The van der Waals surface area contributed by atoms with E-state index in [0.717, 1.165) is 17.1 Å². The summed E-state index contributed by atoms with van der Waals surface area (Å²) in [5, 5.41) is 3.71. The topological polar surface area (TPSA) is 69.6 Å². The Bertz CT molecular complexity index is 631. The Labute approximate surface area is 113 Å². The third-order valence-corrected chi connectivity index (χ3v) is 2.82. The third kappa shape index (κ3) is 2.59. The van der Waals surface area contributed by atoms with Gasteiger partial charge in [0.15, 0.2) is 5.82 Å². The fourth-order valence-electron chi connectivity index (χ4n) is 1.61. The maximum absolute atomic E-state index is 12.6. The molecule has 0 aliphatic heterocycles. The summed E-state index contributed by atoms with van der Waals surface area (Å²) in [6.45, 7) is 5.39. The third-order valence-electron chi connectivity index (χ3n) is 2.82. The SMILES string of the molecule is Cc1c(N)nc(C(C)C)nc1-n1cc(C(F)(F)F)cn1. The van der Waals surface area contributed by atoms with E-state index in [2.05, 4.69) is 15.1 Å². The lowest BCUT2D eigenvalue weighted by Crippen LogP contribution is -2.11. The second kappa shape index (κ2) is 4.77. The van der Waals surface area contributed by atoms with Gasteiger partial charge in [0.05, 0.1) is 11.8 Å². The molecule has 2 heterocycles. The molecule has 0 radical (unpaired) electrons. The van der Waals surface area contributed by atoms with Gasteiger partial charge < -0.3 is 5.73 Å². The van der Waals surface area contributed by atoms with Crippen LogP contribution in [0.4, 0.5) is 19.0 Å². The number of hydrogen-bond acceptors (Lipinski definition) is 4. The van der Waals surface area contributed by atoms with Crippen molar-refractivity contribution in [2.24, 2.45) is 0 Å². The summed E-state index contributed by atoms with van der Waals surface area (Å²) in [5.41, 5.74) is 5.43. The summed E-state index contributed by atoms with van der Waals surface area (Å²) in [7, 11) is 0. The standard InChI is InChI=1S/C12H14F3N5/c1-6(2)10-18-9(16)7(3)11(19-10)20-5-8(4-17-20)12(13,14)15/h4-6H,1-3H3,(H2,16,18,19). The van der Waals surface area contributed by atoms with Gasteiger partial charge in [-0.3, -0.25) is 0 Å². The lowest BCUT2D eigenvalue weighted by molar-refractivity contribution is -0.137. The van der Waals surface area contributed by atoms with Gasteiger partial charge in [0.1, 0.15) is 11.6 Å². The molecule has 108 valence electrons. The number of nitrogens with two attached hydrogens (primary N) is 1. The van der Waals surface area contributed by atoms with Crippen molar-refractivity contribution in [1.82, 2.24) is 19.7 Å². The monoisotopic (exact) mass is 285 g/mol. The molecule has 0 unspecified atom stereocenters. The number of nitrogens with zero attached hydrogens (tertiary/aromatic N) is 4. The zero-order valence-electron chi connectivity index (χ0n) is 11.2. The van der Waals surface area contributed by atoms with Gasteiger partial charge in [-0.1, -0.05) is 13.8 Å². The van der Waals surface area contributed by atoms with E-state index in [1.54, 1.807) is 6.92 Å². The van der Waals surface area contributed by atoms with Gasteiger partial charge in [0.25, 0.3) is 0 Å². The molecule has 20 heavy (non-hydrogen) atoms. The van der Waals surface area contributed by atoms with Crippen LogP contribution >= 0.6 is 0 Å². The van der Waals surface area contributed by atoms with Gasteiger partial charge >= 0.3 is 6.18 Å². The Morgan fingerprint density at radius 3 is 2.40 bits per heavy atom. The zero-order chi connectivity index (χ0) is 15.1. The highest BCUT2D eigenvalue weighted by atomic mass is 19.4. The molecule has 5 nitrogen and oxygen atoms in total. The summed E-state index contributed by atoms with van der Waals surface area (Å²) in [6, 6.07) is 0. The smallest absolute Gasteiger partial charge is 0.383 e. The summed E-state index contributed by atoms with van der Waals surface area (Å²) in [6.07, 6.45) is -2.79. The molecule has 0 aromatic carbocycles. The molecule has 0 aliphatic rings. The fraction of sp³-hybridized carbons (Fsp3) is 0.417. The van der Waals surface area contributed by atoms with E-state index in [9.17, 15) is 13.2 Å². The molecule has 0 amide bonds. The van der Waals surface area contributed by atoms with Crippen LogP contribution in [0, 0.1) is 6.92 Å². The van der Waals surface area contributed by atoms with Gasteiger partial charge in [0.2, 0.25) is 0 Å². The lowest BCUT2D eigenvalue weighted by atomic mass is 10.2. The van der Waals surface area contributed by atoms with Crippen molar-refractivity contribution >= 4 is 5.82 Å². The molecule has 2 aromatic rings. The molecule has 0 spiro atoms. The van der Waals surface area contributed by atoms with E-state index in [1.807, 2.05) is 13.8 Å². The van der Waals surface area contributed by atoms with E-state index in [0.29, 0.717) is 11.4 Å². The summed E-state index contributed by atoms with van der Waals surface area (Å²) in [5.74, 6) is 0.973. The van der Waals surface area contributed by atoms with E-state index >= 15 is 0 Å². The molecule has 2 rings (SSSR count). The van der Waals surface area contributed by atoms with Crippen molar-refractivity contribution in [1.29, 1.82) is 0 Å². The predicted octanol–water partition coefficient (Wildman–Crippen LogP) is 2.70. The molecule has 0 fully saturated rings. The van der Waals surface area contributed by atoms with Gasteiger partial charge in [-0.25, -0.2) is 14.6 Å². The Kier molecular flexibility index (Phi) is 3.41. The molecule has 2 N–H and O–H groups in total. The number of aromatic nitrogens is 4. The van der Waals surface area contributed by atoms with Crippen LogP contribution in [0.3, 0.4) is 0 Å². The van der Waals surface area contributed by atoms with Crippen molar-refractivity contribution in [3.63, 3.8) is 0 Å². The maximum atomic E-state index is 12.6. The van der Waals surface area contributed by atoms with E-state index in [4.69, 9.17) is 5.73 Å². The average molecular weight is 285 g/mol. The van der Waals surface area contributed by atoms with Crippen LogP contribution in [0.15, 0.2) is 12.4 Å². The van der Waals surface area contributed by atoms with Crippen molar-refractivity contribution in [3.8, 4) is 5.82 Å². The van der Waals surface area contributed by atoms with E-state index in [1.165, 1.54) is 0 Å². The van der Waals surface area contributed by atoms with Crippen molar-refractivity contribution in [2.75, 3.05) is 5.73 Å². The van der Waals surface area contributed by atoms with Crippen molar-refractivity contribution < 1.29 is 13.2 Å². The number of nitrogen functional groups attached to an aromatic ring is 1. The van der Waals surface area contributed by atoms with Crippen LogP contribution in [0.2, 0.25) is 0 Å². The minimum Gasteiger partial charge on any atom is -0.383 e. The minimum atomic E-state index is -4.44. The van der Waals surface area contributed by atoms with Crippen LogP contribution in [-0.4, -0.2) is 19.7 Å². The second-order valence-corrected chi connectivity index (χ2v) is 4.74. The minimum absolute atomic E-state index is 0.00861.